The van der Waals surface area contributed by atoms with Crippen molar-refractivity contribution in [3.63, 3.8) is 0 Å². The van der Waals surface area contributed by atoms with E-state index >= 15 is 0 Å². The van der Waals surface area contributed by atoms with Crippen molar-refractivity contribution in [1.29, 1.82) is 0 Å². The molecule has 1 aromatic heterocycles. The molecule has 7 nitrogen and oxygen atoms in total. The number of alkyl halides is 3. The molecule has 1 amide bonds. The zero-order valence-corrected chi connectivity index (χ0v) is 21.9. The van der Waals surface area contributed by atoms with E-state index in [1.807, 2.05) is 12.1 Å². The first-order valence-corrected chi connectivity index (χ1v) is 13.7. The van der Waals surface area contributed by atoms with Crippen molar-refractivity contribution < 1.29 is 26.4 Å². The molecule has 202 valence electrons. The topological polar surface area (TPSA) is 82.6 Å². The second-order valence-electron chi connectivity index (χ2n) is 8.94. The Kier molecular flexibility index (Phi) is 7.23. The van der Waals surface area contributed by atoms with Crippen LogP contribution in [0.3, 0.4) is 0 Å². The largest absolute Gasteiger partial charge is 0.416 e. The summed E-state index contributed by atoms with van der Waals surface area (Å²) in [4.78, 5) is 18.7. The molecule has 0 bridgehead atoms. The van der Waals surface area contributed by atoms with Gasteiger partial charge in [-0.1, -0.05) is 11.6 Å². The lowest BCUT2D eigenvalue weighted by atomic mass is 10.1. The minimum atomic E-state index is -4.55. The number of hydrogen-bond acceptors (Lipinski definition) is 5. The summed E-state index contributed by atoms with van der Waals surface area (Å²) >= 11 is 6.06. The fraction of sp³-hybridized carbons (Fsp3) is 0.185. The first kappa shape index (κ1) is 26.9. The number of rotatable bonds is 5. The highest BCUT2D eigenvalue weighted by molar-refractivity contribution is 7.89. The van der Waals surface area contributed by atoms with E-state index in [1.54, 1.807) is 47.5 Å². The maximum absolute atomic E-state index is 13.0. The molecule has 12 heteroatoms. The van der Waals surface area contributed by atoms with Crippen LogP contribution in [0.2, 0.25) is 5.02 Å². The quantitative estimate of drug-likeness (QED) is 0.326. The summed E-state index contributed by atoms with van der Waals surface area (Å²) < 4.78 is 65.4. The van der Waals surface area contributed by atoms with Crippen LogP contribution < -0.4 is 5.32 Å². The van der Waals surface area contributed by atoms with Crippen LogP contribution >= 0.6 is 11.6 Å². The Balaban J connectivity index is 1.22. The fourth-order valence-corrected chi connectivity index (χ4v) is 5.95. The number of hydrogen-bond donors (Lipinski definition) is 1. The summed E-state index contributed by atoms with van der Waals surface area (Å²) in [7, 11) is -3.98. The molecule has 3 aromatic carbocycles. The van der Waals surface area contributed by atoms with Gasteiger partial charge in [-0.3, -0.25) is 9.78 Å². The summed E-state index contributed by atoms with van der Waals surface area (Å²) in [5.74, 6) is -0.239. The van der Waals surface area contributed by atoms with E-state index in [0.29, 0.717) is 10.6 Å². The molecule has 1 fully saturated rings. The maximum Gasteiger partial charge on any atom is 0.416 e. The van der Waals surface area contributed by atoms with Crippen LogP contribution in [0.25, 0.3) is 10.9 Å². The Morgan fingerprint density at radius 1 is 0.897 bits per heavy atom. The van der Waals surface area contributed by atoms with Gasteiger partial charge >= 0.3 is 6.18 Å². The third kappa shape index (κ3) is 5.70. The standard InChI is InChI=1S/C27H22ClF3N4O3S/c28-20-5-10-23-24(11-12-32-25(23)17-20)33-21-6-1-18(2-7-21)26(36)34-13-15-35(16-14-34)39(37,38)22-8-3-19(4-9-22)27(29,30)31/h1-12,17H,13-16H2,(H,32,33). The van der Waals surface area contributed by atoms with Crippen LogP contribution in [0.15, 0.2) is 83.9 Å². The van der Waals surface area contributed by atoms with E-state index in [9.17, 15) is 26.4 Å². The molecule has 0 atom stereocenters. The lowest BCUT2D eigenvalue weighted by Crippen LogP contribution is -2.50. The summed E-state index contributed by atoms with van der Waals surface area (Å²) in [5.41, 5.74) is 1.88. The van der Waals surface area contributed by atoms with Gasteiger partial charge in [-0.2, -0.15) is 17.5 Å². The van der Waals surface area contributed by atoms with Crippen LogP contribution in [-0.4, -0.2) is 54.7 Å². The molecule has 2 heterocycles. The minimum Gasteiger partial charge on any atom is -0.355 e. The number of piperazine rings is 1. The van der Waals surface area contributed by atoms with Gasteiger partial charge in [0.1, 0.15) is 0 Å². The van der Waals surface area contributed by atoms with Gasteiger partial charge in [-0.05, 0) is 72.8 Å². The van der Waals surface area contributed by atoms with Gasteiger partial charge in [0.25, 0.3) is 5.91 Å². The first-order valence-electron chi connectivity index (χ1n) is 11.9. The van der Waals surface area contributed by atoms with E-state index < -0.39 is 21.8 Å². The number of nitrogens with zero attached hydrogens (tertiary/aromatic N) is 3. The van der Waals surface area contributed by atoms with Crippen LogP contribution in [0.4, 0.5) is 24.5 Å². The van der Waals surface area contributed by atoms with Gasteiger partial charge in [0.2, 0.25) is 10.0 Å². The third-order valence-electron chi connectivity index (χ3n) is 6.46. The molecular weight excluding hydrogens is 553 g/mol. The molecule has 0 unspecified atom stereocenters. The fourth-order valence-electron chi connectivity index (χ4n) is 4.36. The highest BCUT2D eigenvalue weighted by atomic mass is 35.5. The van der Waals surface area contributed by atoms with Crippen molar-refractivity contribution in [2.24, 2.45) is 0 Å². The van der Waals surface area contributed by atoms with Gasteiger partial charge in [0.05, 0.1) is 16.0 Å². The number of amides is 1. The van der Waals surface area contributed by atoms with Gasteiger partial charge in [-0.15, -0.1) is 0 Å². The smallest absolute Gasteiger partial charge is 0.355 e. The Labute approximate surface area is 227 Å². The van der Waals surface area contributed by atoms with E-state index in [0.717, 1.165) is 46.5 Å². The lowest BCUT2D eigenvalue weighted by Gasteiger charge is -2.34. The van der Waals surface area contributed by atoms with Crippen molar-refractivity contribution in [3.8, 4) is 0 Å². The number of aromatic nitrogens is 1. The Morgan fingerprint density at radius 3 is 2.21 bits per heavy atom. The van der Waals surface area contributed by atoms with E-state index in [1.165, 1.54) is 4.31 Å². The third-order valence-corrected chi connectivity index (χ3v) is 8.61. The molecule has 1 aliphatic rings. The number of carbonyl (C=O) groups excluding carboxylic acids is 1. The zero-order valence-electron chi connectivity index (χ0n) is 20.3. The van der Waals surface area contributed by atoms with Crippen molar-refractivity contribution in [1.82, 2.24) is 14.2 Å². The number of carbonyl (C=O) groups is 1. The van der Waals surface area contributed by atoms with Crippen LogP contribution in [-0.2, 0) is 16.2 Å². The van der Waals surface area contributed by atoms with Gasteiger partial charge < -0.3 is 10.2 Å². The number of fused-ring (bicyclic) bond motifs is 1. The van der Waals surface area contributed by atoms with Crippen molar-refractivity contribution >= 4 is 49.8 Å². The number of nitrogens with one attached hydrogen (secondary N) is 1. The van der Waals surface area contributed by atoms with Crippen molar-refractivity contribution in [2.45, 2.75) is 11.1 Å². The Bertz CT molecular complexity index is 1620. The molecule has 0 spiro atoms. The maximum atomic E-state index is 13.0. The molecule has 0 radical (unpaired) electrons. The van der Waals surface area contributed by atoms with E-state index in [2.05, 4.69) is 10.3 Å². The SMILES string of the molecule is O=C(c1ccc(Nc2ccnc3cc(Cl)ccc23)cc1)N1CCN(S(=O)(=O)c2ccc(C(F)(F)F)cc2)CC1. The summed E-state index contributed by atoms with van der Waals surface area (Å²) in [6.07, 6.45) is -2.87. The monoisotopic (exact) mass is 574 g/mol. The van der Waals surface area contributed by atoms with Gasteiger partial charge in [0, 0.05) is 59.7 Å². The van der Waals surface area contributed by atoms with Crippen molar-refractivity contribution in [3.05, 3.63) is 95.1 Å². The van der Waals surface area contributed by atoms with E-state index in [4.69, 9.17) is 11.6 Å². The number of pyridine rings is 1. The normalized spacial score (nSPS) is 14.9. The van der Waals surface area contributed by atoms with Gasteiger partial charge in [-0.25, -0.2) is 8.42 Å². The molecule has 5 rings (SSSR count). The molecule has 0 aliphatic carbocycles. The molecule has 1 aliphatic heterocycles. The molecule has 0 saturated carbocycles. The lowest BCUT2D eigenvalue weighted by molar-refractivity contribution is -0.137. The van der Waals surface area contributed by atoms with Crippen LogP contribution in [0.5, 0.6) is 0 Å². The highest BCUT2D eigenvalue weighted by Gasteiger charge is 2.33. The summed E-state index contributed by atoms with van der Waals surface area (Å²) in [5, 5.41) is 4.80. The second kappa shape index (κ2) is 10.5. The first-order chi connectivity index (χ1) is 18.5. The number of sulfonamides is 1. The zero-order chi connectivity index (χ0) is 27.8. The second-order valence-corrected chi connectivity index (χ2v) is 11.3. The molecule has 39 heavy (non-hydrogen) atoms. The molecule has 4 aromatic rings. The van der Waals surface area contributed by atoms with Crippen LogP contribution in [0.1, 0.15) is 15.9 Å². The number of anilines is 2. The number of benzene rings is 3. The van der Waals surface area contributed by atoms with Crippen LogP contribution in [0, 0.1) is 0 Å². The van der Waals surface area contributed by atoms with Gasteiger partial charge in [0.15, 0.2) is 0 Å². The predicted octanol–water partition coefficient (Wildman–Crippen LogP) is 5.80. The van der Waals surface area contributed by atoms with Crippen molar-refractivity contribution in [2.75, 3.05) is 31.5 Å². The predicted molar refractivity (Wildman–Crippen MR) is 143 cm³/mol. The summed E-state index contributed by atoms with van der Waals surface area (Å²) in [6, 6.07) is 17.6. The highest BCUT2D eigenvalue weighted by Crippen LogP contribution is 2.31. The number of halogens is 4. The minimum absolute atomic E-state index is 0.0356. The average molecular weight is 575 g/mol. The molecule has 1 saturated heterocycles. The summed E-state index contributed by atoms with van der Waals surface area (Å²) in [6.45, 7) is 0.385. The van der Waals surface area contributed by atoms with E-state index in [-0.39, 0.29) is 37.0 Å². The Hall–Kier alpha value is -3.67. The Morgan fingerprint density at radius 2 is 1.56 bits per heavy atom. The molecule has 1 N–H and O–H groups in total. The average Bonchev–Trinajstić information content (AvgIpc) is 2.93. The molecular formula is C27H22ClF3N4O3S.